The minimum Gasteiger partial charge on any atom is -0.350 e. The number of anilines is 2. The fourth-order valence-corrected chi connectivity index (χ4v) is 2.68. The number of nitrogens with zero attached hydrogens (tertiary/aromatic N) is 2. The summed E-state index contributed by atoms with van der Waals surface area (Å²) in [6.45, 7) is 6.09. The first-order valence-corrected chi connectivity index (χ1v) is 9.12. The Kier molecular flexibility index (Phi) is 5.81. The standard InChI is InChI=1S/C22H24N4O/c1-4-16(3)25-22(27)18-9-6-10-19(12-18)26-21-13-20(23-14-24-21)17-8-5-7-15(2)11-17/h5-14,16H,4H2,1-3H3,(H,25,27)(H,23,24,26). The van der Waals surface area contributed by atoms with Crippen molar-refractivity contribution in [3.05, 3.63) is 72.1 Å². The Bertz CT molecular complexity index is 939. The molecule has 0 saturated heterocycles. The number of aryl methyl sites for hydroxylation is 1. The first-order valence-electron chi connectivity index (χ1n) is 9.12. The lowest BCUT2D eigenvalue weighted by molar-refractivity contribution is 0.0939. The molecule has 1 unspecified atom stereocenters. The molecule has 0 aliphatic heterocycles. The van der Waals surface area contributed by atoms with Crippen LogP contribution in [0.2, 0.25) is 0 Å². The number of amides is 1. The summed E-state index contributed by atoms with van der Waals surface area (Å²) in [5.74, 6) is 0.608. The third-order valence-corrected chi connectivity index (χ3v) is 4.37. The molecule has 2 N–H and O–H groups in total. The molecular formula is C22H24N4O. The van der Waals surface area contributed by atoms with Crippen molar-refractivity contribution >= 4 is 17.4 Å². The highest BCUT2D eigenvalue weighted by atomic mass is 16.1. The Morgan fingerprint density at radius 2 is 1.89 bits per heavy atom. The molecule has 5 nitrogen and oxygen atoms in total. The number of rotatable bonds is 6. The third kappa shape index (κ3) is 4.91. The summed E-state index contributed by atoms with van der Waals surface area (Å²) < 4.78 is 0. The van der Waals surface area contributed by atoms with E-state index < -0.39 is 0 Å². The molecule has 2 aromatic carbocycles. The number of aromatic nitrogens is 2. The van der Waals surface area contributed by atoms with Crippen molar-refractivity contribution in [2.75, 3.05) is 5.32 Å². The van der Waals surface area contributed by atoms with Crippen molar-refractivity contribution in [3.63, 3.8) is 0 Å². The summed E-state index contributed by atoms with van der Waals surface area (Å²) in [4.78, 5) is 21.0. The van der Waals surface area contributed by atoms with E-state index in [1.165, 1.54) is 5.56 Å². The molecule has 0 saturated carbocycles. The molecule has 27 heavy (non-hydrogen) atoms. The van der Waals surface area contributed by atoms with Gasteiger partial charge in [0.15, 0.2) is 0 Å². The van der Waals surface area contributed by atoms with E-state index in [2.05, 4.69) is 39.7 Å². The third-order valence-electron chi connectivity index (χ3n) is 4.37. The number of carbonyl (C=O) groups is 1. The van der Waals surface area contributed by atoms with Gasteiger partial charge >= 0.3 is 0 Å². The smallest absolute Gasteiger partial charge is 0.251 e. The fourth-order valence-electron chi connectivity index (χ4n) is 2.68. The lowest BCUT2D eigenvalue weighted by Gasteiger charge is -2.12. The normalized spacial score (nSPS) is 11.7. The van der Waals surface area contributed by atoms with Gasteiger partial charge in [-0.2, -0.15) is 0 Å². The number of benzene rings is 2. The van der Waals surface area contributed by atoms with Crippen LogP contribution in [0.3, 0.4) is 0 Å². The Balaban J connectivity index is 1.79. The van der Waals surface area contributed by atoms with Crippen LogP contribution in [-0.2, 0) is 0 Å². The van der Waals surface area contributed by atoms with Gasteiger partial charge in [0.1, 0.15) is 12.1 Å². The van der Waals surface area contributed by atoms with Crippen molar-refractivity contribution < 1.29 is 4.79 Å². The predicted molar refractivity (Wildman–Crippen MR) is 109 cm³/mol. The monoisotopic (exact) mass is 360 g/mol. The predicted octanol–water partition coefficient (Wildman–Crippen LogP) is 4.72. The molecule has 0 radical (unpaired) electrons. The lowest BCUT2D eigenvalue weighted by atomic mass is 10.1. The van der Waals surface area contributed by atoms with Gasteiger partial charge < -0.3 is 10.6 Å². The van der Waals surface area contributed by atoms with Crippen LogP contribution >= 0.6 is 0 Å². The molecule has 1 amide bonds. The van der Waals surface area contributed by atoms with E-state index in [9.17, 15) is 4.79 Å². The minimum absolute atomic E-state index is 0.0730. The summed E-state index contributed by atoms with van der Waals surface area (Å²) >= 11 is 0. The van der Waals surface area contributed by atoms with Gasteiger partial charge in [-0.3, -0.25) is 4.79 Å². The van der Waals surface area contributed by atoms with Gasteiger partial charge in [0.25, 0.3) is 5.91 Å². The Hall–Kier alpha value is -3.21. The number of carbonyl (C=O) groups excluding carboxylic acids is 1. The van der Waals surface area contributed by atoms with Gasteiger partial charge in [0.2, 0.25) is 0 Å². The highest BCUT2D eigenvalue weighted by Crippen LogP contribution is 2.22. The molecule has 0 fully saturated rings. The average Bonchev–Trinajstić information content (AvgIpc) is 2.68. The second-order valence-electron chi connectivity index (χ2n) is 6.65. The van der Waals surface area contributed by atoms with Crippen molar-refractivity contribution in [2.24, 2.45) is 0 Å². The second kappa shape index (κ2) is 8.45. The van der Waals surface area contributed by atoms with Crippen LogP contribution in [0.4, 0.5) is 11.5 Å². The van der Waals surface area contributed by atoms with Gasteiger partial charge in [-0.25, -0.2) is 9.97 Å². The molecule has 1 atom stereocenters. The van der Waals surface area contributed by atoms with Crippen LogP contribution in [0.15, 0.2) is 60.9 Å². The summed E-state index contributed by atoms with van der Waals surface area (Å²) in [5.41, 5.74) is 4.50. The first-order chi connectivity index (χ1) is 13.0. The second-order valence-corrected chi connectivity index (χ2v) is 6.65. The summed E-state index contributed by atoms with van der Waals surface area (Å²) in [5, 5.41) is 6.24. The average molecular weight is 360 g/mol. The van der Waals surface area contributed by atoms with E-state index in [0.29, 0.717) is 11.4 Å². The number of hydrogen-bond acceptors (Lipinski definition) is 4. The molecule has 138 valence electrons. The molecule has 0 aliphatic rings. The molecule has 3 aromatic rings. The van der Waals surface area contributed by atoms with Crippen molar-refractivity contribution in [1.29, 1.82) is 0 Å². The van der Waals surface area contributed by atoms with Crippen LogP contribution in [0.1, 0.15) is 36.2 Å². The largest absolute Gasteiger partial charge is 0.350 e. The van der Waals surface area contributed by atoms with Gasteiger partial charge in [0.05, 0.1) is 5.69 Å². The van der Waals surface area contributed by atoms with Gasteiger partial charge in [-0.05, 0) is 44.5 Å². The molecule has 0 aliphatic carbocycles. The van der Waals surface area contributed by atoms with E-state index in [0.717, 1.165) is 23.4 Å². The minimum atomic E-state index is -0.0730. The molecule has 5 heteroatoms. The van der Waals surface area contributed by atoms with Gasteiger partial charge in [-0.1, -0.05) is 36.8 Å². The zero-order chi connectivity index (χ0) is 19.2. The molecule has 0 spiro atoms. The van der Waals surface area contributed by atoms with Crippen molar-refractivity contribution in [1.82, 2.24) is 15.3 Å². The molecule has 3 rings (SSSR count). The summed E-state index contributed by atoms with van der Waals surface area (Å²) in [6, 6.07) is 17.6. The Labute approximate surface area is 159 Å². The van der Waals surface area contributed by atoms with Crippen molar-refractivity contribution in [2.45, 2.75) is 33.2 Å². The number of nitrogens with one attached hydrogen (secondary N) is 2. The van der Waals surface area contributed by atoms with E-state index in [1.54, 1.807) is 12.4 Å². The van der Waals surface area contributed by atoms with E-state index in [4.69, 9.17) is 0 Å². The van der Waals surface area contributed by atoms with Crippen LogP contribution in [0.25, 0.3) is 11.3 Å². The SMILES string of the molecule is CCC(C)NC(=O)c1cccc(Nc2cc(-c3cccc(C)c3)ncn2)c1. The van der Waals surface area contributed by atoms with Gasteiger partial charge in [0, 0.05) is 28.9 Å². The van der Waals surface area contributed by atoms with E-state index in [-0.39, 0.29) is 11.9 Å². The maximum Gasteiger partial charge on any atom is 0.251 e. The quantitative estimate of drug-likeness (QED) is 0.667. The molecule has 0 bridgehead atoms. The maximum absolute atomic E-state index is 12.3. The van der Waals surface area contributed by atoms with Crippen LogP contribution in [-0.4, -0.2) is 21.9 Å². The first kappa shape index (κ1) is 18.6. The van der Waals surface area contributed by atoms with Gasteiger partial charge in [-0.15, -0.1) is 0 Å². The molecule has 1 aromatic heterocycles. The van der Waals surface area contributed by atoms with Crippen LogP contribution in [0, 0.1) is 6.92 Å². The van der Waals surface area contributed by atoms with E-state index >= 15 is 0 Å². The Morgan fingerprint density at radius 3 is 2.67 bits per heavy atom. The lowest BCUT2D eigenvalue weighted by Crippen LogP contribution is -2.31. The molecular weight excluding hydrogens is 336 g/mol. The zero-order valence-electron chi connectivity index (χ0n) is 15.9. The van der Waals surface area contributed by atoms with Crippen LogP contribution < -0.4 is 10.6 Å². The van der Waals surface area contributed by atoms with E-state index in [1.807, 2.05) is 50.2 Å². The molecule has 1 heterocycles. The van der Waals surface area contributed by atoms with Crippen LogP contribution in [0.5, 0.6) is 0 Å². The maximum atomic E-state index is 12.3. The zero-order valence-corrected chi connectivity index (χ0v) is 15.9. The number of hydrogen-bond donors (Lipinski definition) is 2. The summed E-state index contributed by atoms with van der Waals surface area (Å²) in [7, 11) is 0. The highest BCUT2D eigenvalue weighted by Gasteiger charge is 2.09. The van der Waals surface area contributed by atoms with Crippen molar-refractivity contribution in [3.8, 4) is 11.3 Å². The summed E-state index contributed by atoms with van der Waals surface area (Å²) in [6.07, 6.45) is 2.44. The topological polar surface area (TPSA) is 66.9 Å². The Morgan fingerprint density at radius 1 is 1.07 bits per heavy atom. The highest BCUT2D eigenvalue weighted by molar-refractivity contribution is 5.95. The fraction of sp³-hybridized carbons (Fsp3) is 0.227.